The topological polar surface area (TPSA) is 77.6 Å². The van der Waals surface area contributed by atoms with Gasteiger partial charge in [0.05, 0.1) is 17.8 Å². The van der Waals surface area contributed by atoms with E-state index in [9.17, 15) is 9.59 Å². The molecule has 0 bridgehead atoms. The molecule has 30 heavy (non-hydrogen) atoms. The van der Waals surface area contributed by atoms with Crippen molar-refractivity contribution in [2.45, 2.75) is 52.7 Å². The van der Waals surface area contributed by atoms with E-state index in [0.717, 1.165) is 21.9 Å². The molecule has 2 heterocycles. The summed E-state index contributed by atoms with van der Waals surface area (Å²) in [6.07, 6.45) is 1.99. The van der Waals surface area contributed by atoms with Gasteiger partial charge >= 0.3 is 13.1 Å². The van der Waals surface area contributed by atoms with Gasteiger partial charge in [0.15, 0.2) is 5.12 Å². The van der Waals surface area contributed by atoms with E-state index in [1.165, 1.54) is 11.8 Å². The first-order chi connectivity index (χ1) is 14.0. The molecule has 1 aromatic heterocycles. The molecule has 160 valence electrons. The summed E-state index contributed by atoms with van der Waals surface area (Å²) in [5, 5.41) is 0.960. The summed E-state index contributed by atoms with van der Waals surface area (Å²) in [5.41, 5.74) is 2.13. The maximum atomic E-state index is 12.0. The Labute approximate surface area is 181 Å². The van der Waals surface area contributed by atoms with Gasteiger partial charge in [-0.1, -0.05) is 30.0 Å². The maximum absolute atomic E-state index is 12.0. The first kappa shape index (κ1) is 22.7. The van der Waals surface area contributed by atoms with E-state index in [-0.39, 0.29) is 11.1 Å². The van der Waals surface area contributed by atoms with Crippen LogP contribution in [0.3, 0.4) is 0 Å². The van der Waals surface area contributed by atoms with Crippen molar-refractivity contribution in [1.82, 2.24) is 4.98 Å². The van der Waals surface area contributed by atoms with E-state index in [4.69, 9.17) is 14.0 Å². The fourth-order valence-corrected chi connectivity index (χ4v) is 3.71. The molecule has 0 atom stereocenters. The molecule has 1 N–H and O–H groups in total. The summed E-state index contributed by atoms with van der Waals surface area (Å²) in [4.78, 5) is 26.7. The number of ether oxygens (including phenoxy) is 1. The van der Waals surface area contributed by atoms with Crippen molar-refractivity contribution in [3.8, 4) is 0 Å². The SMILES string of the molecule is CCOC(=O)c1cc2ccc(C=C(CSC(C)=O)B3OC(C)(C)C(C)(C)O3)cc2[nH]1. The van der Waals surface area contributed by atoms with Crippen LogP contribution in [0.4, 0.5) is 0 Å². The monoisotopic (exact) mass is 429 g/mol. The van der Waals surface area contributed by atoms with E-state index in [1.807, 2.05) is 52.0 Å². The Balaban J connectivity index is 1.93. The quantitative estimate of drug-likeness (QED) is 0.533. The average Bonchev–Trinajstić information content (AvgIpc) is 3.16. The van der Waals surface area contributed by atoms with E-state index < -0.39 is 18.3 Å². The number of H-pyrrole nitrogens is 1. The van der Waals surface area contributed by atoms with Gasteiger partial charge in [0.25, 0.3) is 0 Å². The fourth-order valence-electron chi connectivity index (χ4n) is 3.12. The zero-order valence-corrected chi connectivity index (χ0v) is 19.1. The number of carbonyl (C=O) groups excluding carboxylic acids is 2. The number of esters is 1. The molecule has 1 fully saturated rings. The third-order valence-electron chi connectivity index (χ3n) is 5.49. The van der Waals surface area contributed by atoms with Crippen molar-refractivity contribution in [2.24, 2.45) is 0 Å². The Morgan fingerprint density at radius 3 is 2.43 bits per heavy atom. The van der Waals surface area contributed by atoms with Gasteiger partial charge in [-0.2, -0.15) is 0 Å². The Hall–Kier alpha value is -2.03. The highest BCUT2D eigenvalue weighted by Crippen LogP contribution is 2.39. The minimum Gasteiger partial charge on any atom is -0.461 e. The number of fused-ring (bicyclic) bond motifs is 1. The lowest BCUT2D eigenvalue weighted by Crippen LogP contribution is -2.41. The molecule has 1 aromatic carbocycles. The molecule has 6 nitrogen and oxygen atoms in total. The van der Waals surface area contributed by atoms with Gasteiger partial charge in [0.1, 0.15) is 5.69 Å². The van der Waals surface area contributed by atoms with Crippen LogP contribution < -0.4 is 0 Å². The Morgan fingerprint density at radius 1 is 1.17 bits per heavy atom. The van der Waals surface area contributed by atoms with E-state index >= 15 is 0 Å². The first-order valence-electron chi connectivity index (χ1n) is 10.0. The molecule has 0 unspecified atom stereocenters. The molecule has 0 saturated carbocycles. The van der Waals surface area contributed by atoms with Crippen LogP contribution in [-0.4, -0.2) is 46.7 Å². The largest absolute Gasteiger partial charge is 0.491 e. The molecule has 1 aliphatic heterocycles. The molecule has 0 radical (unpaired) electrons. The first-order valence-corrected chi connectivity index (χ1v) is 11.0. The van der Waals surface area contributed by atoms with Crippen LogP contribution in [0.1, 0.15) is 57.6 Å². The summed E-state index contributed by atoms with van der Waals surface area (Å²) in [6.45, 7) is 11.7. The van der Waals surface area contributed by atoms with Gasteiger partial charge in [-0.25, -0.2) is 4.79 Å². The second-order valence-corrected chi connectivity index (χ2v) is 9.49. The van der Waals surface area contributed by atoms with Crippen molar-refractivity contribution < 1.29 is 23.6 Å². The molecular formula is C22H28BNO5S. The molecule has 1 aliphatic rings. The number of hydrogen-bond donors (Lipinski definition) is 1. The predicted octanol–water partition coefficient (Wildman–Crippen LogP) is 4.64. The molecule has 0 amide bonds. The molecular weight excluding hydrogens is 401 g/mol. The van der Waals surface area contributed by atoms with Gasteiger partial charge in [0, 0.05) is 23.6 Å². The predicted molar refractivity (Wildman–Crippen MR) is 121 cm³/mol. The van der Waals surface area contributed by atoms with Gasteiger partial charge in [-0.15, -0.1) is 0 Å². The standard InChI is InChI=1S/C22H28BNO5S/c1-7-27-20(26)19-12-16-9-8-15(11-18(16)24-19)10-17(13-30-14(2)25)23-28-21(3,4)22(5,6)29-23/h8-12,24H,7,13H2,1-6H3. The molecule has 0 aliphatic carbocycles. The van der Waals surface area contributed by atoms with Crippen LogP contribution in [-0.2, 0) is 18.8 Å². The lowest BCUT2D eigenvalue weighted by Gasteiger charge is -2.32. The summed E-state index contributed by atoms with van der Waals surface area (Å²) in [5.74, 6) is 0.102. The zero-order chi connectivity index (χ0) is 22.1. The van der Waals surface area contributed by atoms with Gasteiger partial charge < -0.3 is 19.0 Å². The third-order valence-corrected chi connectivity index (χ3v) is 6.38. The Bertz CT molecular complexity index is 979. The van der Waals surface area contributed by atoms with Crippen molar-refractivity contribution >= 4 is 46.9 Å². The van der Waals surface area contributed by atoms with E-state index in [2.05, 4.69) is 4.98 Å². The second kappa shape index (κ2) is 8.61. The summed E-state index contributed by atoms with van der Waals surface area (Å²) >= 11 is 1.23. The van der Waals surface area contributed by atoms with Crippen LogP contribution in [0, 0.1) is 0 Å². The smallest absolute Gasteiger partial charge is 0.461 e. The normalized spacial score (nSPS) is 18.1. The van der Waals surface area contributed by atoms with Crippen molar-refractivity contribution in [2.75, 3.05) is 12.4 Å². The molecule has 3 rings (SSSR count). The lowest BCUT2D eigenvalue weighted by atomic mass is 9.78. The number of carbonyl (C=O) groups is 2. The van der Waals surface area contributed by atoms with E-state index in [0.29, 0.717) is 18.1 Å². The molecule has 1 saturated heterocycles. The Kier molecular flexibility index (Phi) is 6.50. The van der Waals surface area contributed by atoms with Crippen LogP contribution >= 0.6 is 11.8 Å². The van der Waals surface area contributed by atoms with Gasteiger partial charge in [-0.05, 0) is 57.8 Å². The summed E-state index contributed by atoms with van der Waals surface area (Å²) in [6, 6.07) is 7.65. The number of thioether (sulfide) groups is 1. The van der Waals surface area contributed by atoms with E-state index in [1.54, 1.807) is 19.9 Å². The average molecular weight is 429 g/mol. The van der Waals surface area contributed by atoms with Crippen molar-refractivity contribution in [3.63, 3.8) is 0 Å². The molecule has 0 spiro atoms. The van der Waals surface area contributed by atoms with Crippen molar-refractivity contribution in [1.29, 1.82) is 0 Å². The minimum absolute atomic E-state index is 0.0383. The zero-order valence-electron chi connectivity index (χ0n) is 18.3. The maximum Gasteiger partial charge on any atom is 0.491 e. The number of benzene rings is 1. The minimum atomic E-state index is -0.531. The number of rotatable bonds is 6. The van der Waals surface area contributed by atoms with Crippen LogP contribution in [0.5, 0.6) is 0 Å². The number of nitrogens with one attached hydrogen (secondary N) is 1. The fraction of sp³-hybridized carbons (Fsp3) is 0.455. The number of aromatic amines is 1. The molecule has 8 heteroatoms. The van der Waals surface area contributed by atoms with Crippen molar-refractivity contribution in [3.05, 3.63) is 41.0 Å². The number of hydrogen-bond acceptors (Lipinski definition) is 6. The summed E-state index contributed by atoms with van der Waals surface area (Å²) < 4.78 is 17.5. The van der Waals surface area contributed by atoms with Gasteiger partial charge in [0.2, 0.25) is 0 Å². The van der Waals surface area contributed by atoms with Crippen LogP contribution in [0.25, 0.3) is 17.0 Å². The highest BCUT2D eigenvalue weighted by atomic mass is 32.2. The third kappa shape index (κ3) is 4.82. The highest BCUT2D eigenvalue weighted by Gasteiger charge is 2.52. The number of aromatic nitrogens is 1. The lowest BCUT2D eigenvalue weighted by molar-refractivity contribution is -0.109. The highest BCUT2D eigenvalue weighted by molar-refractivity contribution is 8.13. The summed E-state index contributed by atoms with van der Waals surface area (Å²) in [7, 11) is -0.531. The van der Waals surface area contributed by atoms with Crippen LogP contribution in [0.2, 0.25) is 0 Å². The second-order valence-electron chi connectivity index (χ2n) is 8.34. The Morgan fingerprint density at radius 2 is 1.83 bits per heavy atom. The molecule has 2 aromatic rings. The van der Waals surface area contributed by atoms with Gasteiger partial charge in [-0.3, -0.25) is 4.79 Å². The van der Waals surface area contributed by atoms with Crippen LogP contribution in [0.15, 0.2) is 29.7 Å².